The van der Waals surface area contributed by atoms with Gasteiger partial charge in [-0.15, -0.1) is 0 Å². The van der Waals surface area contributed by atoms with Crippen LogP contribution in [-0.2, 0) is 0 Å². The lowest BCUT2D eigenvalue weighted by Crippen LogP contribution is -2.39. The van der Waals surface area contributed by atoms with Crippen LogP contribution in [0.15, 0.2) is 12.3 Å². The highest BCUT2D eigenvalue weighted by Gasteiger charge is 2.27. The lowest BCUT2D eigenvalue weighted by molar-refractivity contribution is 0.0835. The second-order valence-electron chi connectivity index (χ2n) is 4.16. The largest absolute Gasteiger partial charge is 0.393 e. The van der Waals surface area contributed by atoms with Crippen molar-refractivity contribution in [2.45, 2.75) is 38.3 Å². The average molecular weight is 222 g/mol. The van der Waals surface area contributed by atoms with E-state index in [1.54, 1.807) is 6.20 Å². The molecule has 5 heteroatoms. The third-order valence-electron chi connectivity index (χ3n) is 2.65. The van der Waals surface area contributed by atoms with E-state index >= 15 is 0 Å². The third-order valence-corrected chi connectivity index (χ3v) is 2.65. The van der Waals surface area contributed by atoms with Crippen LogP contribution in [-0.4, -0.2) is 33.8 Å². The maximum absolute atomic E-state index is 9.18. The summed E-state index contributed by atoms with van der Waals surface area (Å²) in [6.45, 7) is 2.98. The van der Waals surface area contributed by atoms with Crippen LogP contribution in [0.3, 0.4) is 0 Å². The molecule has 3 N–H and O–H groups in total. The summed E-state index contributed by atoms with van der Waals surface area (Å²) in [5.41, 5.74) is 0. The molecule has 0 saturated heterocycles. The smallest absolute Gasteiger partial charge is 0.224 e. The molecule has 1 aromatic rings. The molecule has 1 saturated carbocycles. The summed E-state index contributed by atoms with van der Waals surface area (Å²) in [7, 11) is 0. The minimum atomic E-state index is -0.142. The summed E-state index contributed by atoms with van der Waals surface area (Å²) in [6, 6.07) is 2.20. The van der Waals surface area contributed by atoms with Gasteiger partial charge in [0.05, 0.1) is 6.10 Å². The van der Waals surface area contributed by atoms with Crippen molar-refractivity contribution in [3.8, 4) is 0 Å². The zero-order valence-corrected chi connectivity index (χ0v) is 9.48. The number of nitrogens with one attached hydrogen (secondary N) is 2. The number of hydrogen-bond donors (Lipinski definition) is 3. The van der Waals surface area contributed by atoms with Gasteiger partial charge in [-0.1, -0.05) is 6.92 Å². The van der Waals surface area contributed by atoms with Crippen molar-refractivity contribution in [2.75, 3.05) is 17.2 Å². The summed E-state index contributed by atoms with van der Waals surface area (Å²) in [4.78, 5) is 8.47. The molecule has 0 radical (unpaired) electrons. The van der Waals surface area contributed by atoms with E-state index in [0.29, 0.717) is 12.0 Å². The second-order valence-corrected chi connectivity index (χ2v) is 4.16. The Bertz CT molecular complexity index is 339. The van der Waals surface area contributed by atoms with E-state index in [0.717, 1.165) is 31.6 Å². The second kappa shape index (κ2) is 5.12. The van der Waals surface area contributed by atoms with Gasteiger partial charge < -0.3 is 15.7 Å². The fourth-order valence-corrected chi connectivity index (χ4v) is 1.68. The SMILES string of the molecule is CCCNc1nccc(NC2CC(O)C2)n1. The Morgan fingerprint density at radius 2 is 2.31 bits per heavy atom. The predicted octanol–water partition coefficient (Wildman–Crippen LogP) is 1.23. The van der Waals surface area contributed by atoms with E-state index < -0.39 is 0 Å². The van der Waals surface area contributed by atoms with Crippen molar-refractivity contribution in [1.82, 2.24) is 9.97 Å². The Labute approximate surface area is 95.3 Å². The number of hydrogen-bond acceptors (Lipinski definition) is 5. The fraction of sp³-hybridized carbons (Fsp3) is 0.636. The molecule has 0 aromatic carbocycles. The van der Waals surface area contributed by atoms with Gasteiger partial charge in [0, 0.05) is 18.8 Å². The van der Waals surface area contributed by atoms with Crippen LogP contribution in [0.5, 0.6) is 0 Å². The molecule has 1 heterocycles. The van der Waals surface area contributed by atoms with E-state index in [1.165, 1.54) is 0 Å². The van der Waals surface area contributed by atoms with Crippen LogP contribution in [0.25, 0.3) is 0 Å². The summed E-state index contributed by atoms with van der Waals surface area (Å²) >= 11 is 0. The summed E-state index contributed by atoms with van der Waals surface area (Å²) in [5, 5.41) is 15.6. The van der Waals surface area contributed by atoms with Crippen molar-refractivity contribution >= 4 is 11.8 Å². The molecule has 5 nitrogen and oxygen atoms in total. The first kappa shape index (κ1) is 11.1. The maximum atomic E-state index is 9.18. The molecule has 1 aromatic heterocycles. The highest BCUT2D eigenvalue weighted by atomic mass is 16.3. The zero-order chi connectivity index (χ0) is 11.4. The van der Waals surface area contributed by atoms with Gasteiger partial charge in [0.15, 0.2) is 0 Å². The monoisotopic (exact) mass is 222 g/mol. The van der Waals surface area contributed by atoms with Crippen LogP contribution in [0.1, 0.15) is 26.2 Å². The maximum Gasteiger partial charge on any atom is 0.224 e. The first-order valence-electron chi connectivity index (χ1n) is 5.79. The molecule has 1 aliphatic carbocycles. The number of anilines is 2. The van der Waals surface area contributed by atoms with Crippen molar-refractivity contribution in [3.63, 3.8) is 0 Å². The predicted molar refractivity (Wildman–Crippen MR) is 63.5 cm³/mol. The van der Waals surface area contributed by atoms with Crippen molar-refractivity contribution in [2.24, 2.45) is 0 Å². The molecule has 0 amide bonds. The highest BCUT2D eigenvalue weighted by molar-refractivity contribution is 5.40. The minimum Gasteiger partial charge on any atom is -0.393 e. The molecule has 0 unspecified atom stereocenters. The van der Waals surface area contributed by atoms with Crippen molar-refractivity contribution in [3.05, 3.63) is 12.3 Å². The van der Waals surface area contributed by atoms with Gasteiger partial charge in [0.1, 0.15) is 5.82 Å². The third kappa shape index (κ3) is 2.82. The molecule has 2 rings (SSSR count). The number of aromatic nitrogens is 2. The van der Waals surface area contributed by atoms with E-state index in [1.807, 2.05) is 6.07 Å². The molecule has 1 fully saturated rings. The zero-order valence-electron chi connectivity index (χ0n) is 9.48. The lowest BCUT2D eigenvalue weighted by Gasteiger charge is -2.32. The van der Waals surface area contributed by atoms with Gasteiger partial charge in [-0.3, -0.25) is 0 Å². The topological polar surface area (TPSA) is 70.1 Å². The standard InChI is InChI=1S/C11H18N4O/c1-2-4-12-11-13-5-3-10(15-11)14-8-6-9(16)7-8/h3,5,8-9,16H,2,4,6-7H2,1H3,(H2,12,13,14,15). The summed E-state index contributed by atoms with van der Waals surface area (Å²) in [6.07, 6.45) is 4.26. The highest BCUT2D eigenvalue weighted by Crippen LogP contribution is 2.23. The van der Waals surface area contributed by atoms with Gasteiger partial charge in [0.25, 0.3) is 0 Å². The number of aliphatic hydroxyl groups excluding tert-OH is 1. The molecule has 0 bridgehead atoms. The number of rotatable bonds is 5. The summed E-state index contributed by atoms with van der Waals surface area (Å²) in [5.74, 6) is 1.48. The van der Waals surface area contributed by atoms with Gasteiger partial charge in [-0.05, 0) is 25.3 Å². The molecule has 0 atom stereocenters. The molecule has 88 valence electrons. The van der Waals surface area contributed by atoms with Crippen LogP contribution in [0, 0.1) is 0 Å². The lowest BCUT2D eigenvalue weighted by atomic mass is 9.89. The van der Waals surface area contributed by atoms with Crippen LogP contribution in [0.2, 0.25) is 0 Å². The minimum absolute atomic E-state index is 0.142. The molecular formula is C11H18N4O. The number of nitrogens with zero attached hydrogens (tertiary/aromatic N) is 2. The van der Waals surface area contributed by atoms with Gasteiger partial charge in [-0.25, -0.2) is 4.98 Å². The number of aliphatic hydroxyl groups is 1. The van der Waals surface area contributed by atoms with Crippen LogP contribution in [0.4, 0.5) is 11.8 Å². The quantitative estimate of drug-likeness (QED) is 0.699. The first-order valence-corrected chi connectivity index (χ1v) is 5.79. The van der Waals surface area contributed by atoms with Gasteiger partial charge >= 0.3 is 0 Å². The van der Waals surface area contributed by atoms with E-state index in [4.69, 9.17) is 0 Å². The Morgan fingerprint density at radius 1 is 1.50 bits per heavy atom. The normalized spacial score (nSPS) is 23.6. The van der Waals surface area contributed by atoms with E-state index in [9.17, 15) is 5.11 Å². The Kier molecular flexibility index (Phi) is 3.56. The Hall–Kier alpha value is -1.36. The molecular weight excluding hydrogens is 204 g/mol. The molecule has 0 aliphatic heterocycles. The Balaban J connectivity index is 1.88. The molecule has 1 aliphatic rings. The first-order chi connectivity index (χ1) is 7.78. The molecule has 0 spiro atoms. The fourth-order valence-electron chi connectivity index (χ4n) is 1.68. The van der Waals surface area contributed by atoms with Gasteiger partial charge in [-0.2, -0.15) is 4.98 Å². The van der Waals surface area contributed by atoms with E-state index in [2.05, 4.69) is 27.5 Å². The van der Waals surface area contributed by atoms with Crippen molar-refractivity contribution in [1.29, 1.82) is 0 Å². The van der Waals surface area contributed by atoms with Crippen LogP contribution < -0.4 is 10.6 Å². The van der Waals surface area contributed by atoms with Crippen molar-refractivity contribution < 1.29 is 5.11 Å². The average Bonchev–Trinajstić information content (AvgIpc) is 2.25. The van der Waals surface area contributed by atoms with E-state index in [-0.39, 0.29) is 6.10 Å². The van der Waals surface area contributed by atoms with Gasteiger partial charge in [0.2, 0.25) is 5.95 Å². The summed E-state index contributed by atoms with van der Waals surface area (Å²) < 4.78 is 0. The van der Waals surface area contributed by atoms with Crippen LogP contribution >= 0.6 is 0 Å². The molecule has 16 heavy (non-hydrogen) atoms. The Morgan fingerprint density at radius 3 is 3.00 bits per heavy atom.